The molecule has 2 aliphatic heterocycles. The molecule has 2 saturated heterocycles. The van der Waals surface area contributed by atoms with Gasteiger partial charge in [0.2, 0.25) is 35.4 Å². The zero-order valence-corrected chi connectivity index (χ0v) is 30.4. The highest BCUT2D eigenvalue weighted by Crippen LogP contribution is 2.22. The van der Waals surface area contributed by atoms with Crippen molar-refractivity contribution in [1.29, 1.82) is 0 Å². The van der Waals surface area contributed by atoms with Crippen LogP contribution in [0.2, 0.25) is 0 Å². The largest absolute Gasteiger partial charge is 0.343 e. The van der Waals surface area contributed by atoms with Crippen molar-refractivity contribution in [3.05, 3.63) is 0 Å². The molecule has 2 rings (SSSR count). The maximum absolute atomic E-state index is 14.0. The van der Waals surface area contributed by atoms with E-state index >= 15 is 0 Å². The zero-order valence-electron chi connectivity index (χ0n) is 30.4. The van der Waals surface area contributed by atoms with E-state index in [4.69, 9.17) is 0 Å². The molecule has 0 aromatic carbocycles. The van der Waals surface area contributed by atoms with Gasteiger partial charge in [0.05, 0.1) is 0 Å². The Kier molecular flexibility index (Phi) is 15.6. The zero-order chi connectivity index (χ0) is 35.6. The molecule has 47 heavy (non-hydrogen) atoms. The minimum absolute atomic E-state index is 0.0338. The third-order valence-corrected chi connectivity index (χ3v) is 8.52. The maximum Gasteiger partial charge on any atom is 0.245 e. The summed E-state index contributed by atoms with van der Waals surface area (Å²) in [6, 6.07) is -5.49. The van der Waals surface area contributed by atoms with E-state index in [-0.39, 0.29) is 35.5 Å². The lowest BCUT2D eigenvalue weighted by molar-refractivity contribution is -0.143. The van der Waals surface area contributed by atoms with E-state index in [0.717, 1.165) is 0 Å². The number of hydrogen-bond donors (Lipinski definition) is 5. The molecule has 0 bridgehead atoms. The number of fused-ring (bicyclic) bond motifs is 1. The molecule has 6 atom stereocenters. The lowest BCUT2D eigenvalue weighted by atomic mass is 9.97. The van der Waals surface area contributed by atoms with Gasteiger partial charge in [-0.15, -0.1) is 0 Å². The predicted octanol–water partition coefficient (Wildman–Crippen LogP) is 2.65. The Morgan fingerprint density at radius 3 is 1.06 bits per heavy atom. The van der Waals surface area contributed by atoms with Crippen molar-refractivity contribution in [2.75, 3.05) is 6.54 Å². The van der Waals surface area contributed by atoms with E-state index in [2.05, 4.69) is 26.6 Å². The van der Waals surface area contributed by atoms with Gasteiger partial charge >= 0.3 is 0 Å². The quantitative estimate of drug-likeness (QED) is 0.241. The van der Waals surface area contributed by atoms with Gasteiger partial charge in [-0.1, -0.05) is 69.2 Å². The topological polar surface area (TPSA) is 166 Å². The van der Waals surface area contributed by atoms with Crippen LogP contribution < -0.4 is 26.6 Å². The van der Waals surface area contributed by atoms with Crippen LogP contribution in [0.1, 0.15) is 114 Å². The van der Waals surface area contributed by atoms with Crippen molar-refractivity contribution >= 4 is 35.4 Å². The monoisotopic (exact) mass is 662 g/mol. The van der Waals surface area contributed by atoms with E-state index in [0.29, 0.717) is 51.5 Å². The minimum atomic E-state index is -0.958. The molecule has 0 spiro atoms. The van der Waals surface area contributed by atoms with Gasteiger partial charge in [0, 0.05) is 6.54 Å². The fraction of sp³-hybridized carbons (Fsp3) is 0.829. The van der Waals surface area contributed by atoms with Crippen molar-refractivity contribution in [2.45, 2.75) is 150 Å². The van der Waals surface area contributed by atoms with Crippen LogP contribution in [0, 0.1) is 29.6 Å². The fourth-order valence-electron chi connectivity index (χ4n) is 6.36. The van der Waals surface area contributed by atoms with Crippen LogP contribution in [0.3, 0.4) is 0 Å². The summed E-state index contributed by atoms with van der Waals surface area (Å²) >= 11 is 0. The number of carbonyl (C=O) groups is 6. The van der Waals surface area contributed by atoms with Gasteiger partial charge < -0.3 is 31.5 Å². The van der Waals surface area contributed by atoms with Crippen LogP contribution in [-0.4, -0.2) is 83.1 Å². The Balaban J connectivity index is 2.63. The van der Waals surface area contributed by atoms with E-state index in [1.54, 1.807) is 0 Å². The first-order valence-electron chi connectivity index (χ1n) is 17.7. The molecule has 5 N–H and O–H groups in total. The molecule has 0 aliphatic carbocycles. The molecule has 2 aliphatic rings. The Hall–Kier alpha value is -3.18. The number of nitrogens with zero attached hydrogens (tertiary/aromatic N) is 1. The molecule has 12 heteroatoms. The highest BCUT2D eigenvalue weighted by Gasteiger charge is 2.40. The number of nitrogens with one attached hydrogen (secondary N) is 5. The maximum atomic E-state index is 14.0. The van der Waals surface area contributed by atoms with Gasteiger partial charge in [-0.2, -0.15) is 0 Å². The van der Waals surface area contributed by atoms with E-state index in [9.17, 15) is 28.8 Å². The van der Waals surface area contributed by atoms with Crippen molar-refractivity contribution in [3.8, 4) is 0 Å². The van der Waals surface area contributed by atoms with Crippen molar-refractivity contribution in [3.63, 3.8) is 0 Å². The molecular formula is C35H62N6O6. The second-order valence-corrected chi connectivity index (χ2v) is 15.6. The average molecular weight is 663 g/mol. The molecule has 12 nitrogen and oxygen atoms in total. The van der Waals surface area contributed by atoms with E-state index in [1.807, 2.05) is 69.2 Å². The van der Waals surface area contributed by atoms with Crippen LogP contribution in [0.15, 0.2) is 0 Å². The Morgan fingerprint density at radius 2 is 0.745 bits per heavy atom. The Bertz CT molecular complexity index is 1110. The van der Waals surface area contributed by atoms with E-state index in [1.165, 1.54) is 4.90 Å². The van der Waals surface area contributed by atoms with Crippen LogP contribution in [0.25, 0.3) is 0 Å². The first kappa shape index (κ1) is 40.0. The molecule has 0 aromatic heterocycles. The number of rotatable bonds is 10. The highest BCUT2D eigenvalue weighted by atomic mass is 16.2. The molecule has 0 radical (unpaired) electrons. The van der Waals surface area contributed by atoms with Gasteiger partial charge in [0.1, 0.15) is 36.3 Å². The van der Waals surface area contributed by atoms with Gasteiger partial charge in [-0.25, -0.2) is 0 Å². The molecule has 2 fully saturated rings. The first-order valence-corrected chi connectivity index (χ1v) is 17.7. The molecule has 6 amide bonds. The molecule has 0 saturated carbocycles. The summed E-state index contributed by atoms with van der Waals surface area (Å²) in [5.74, 6) is -2.55. The predicted molar refractivity (Wildman–Crippen MR) is 182 cm³/mol. The van der Waals surface area contributed by atoms with Gasteiger partial charge in [-0.05, 0) is 74.5 Å². The molecule has 2 heterocycles. The van der Waals surface area contributed by atoms with Crippen molar-refractivity contribution in [2.24, 2.45) is 29.6 Å². The van der Waals surface area contributed by atoms with Gasteiger partial charge in [0.15, 0.2) is 0 Å². The standard InChI is InChI=1S/C35H62N6O6/c1-19(2)14-24-31(43)38-26(16-21(5)6)33(45)40-28(18-23(9)10)35(47)41-13-11-12-29(41)34(46)39-27(17-22(7)8)32(44)37-25(15-20(3)4)30(42)36-24/h19-29H,11-18H2,1-10H3,(H,36,42)(H,37,44)(H,38,43)(H,39,46)(H,40,45)/t24-,25+,26+,27-,28+,29-/m1/s1. The first-order chi connectivity index (χ1) is 21.9. The fourth-order valence-corrected chi connectivity index (χ4v) is 6.36. The molecule has 0 aromatic rings. The number of carbonyl (C=O) groups excluding carboxylic acids is 6. The Morgan fingerprint density at radius 1 is 0.468 bits per heavy atom. The summed E-state index contributed by atoms with van der Waals surface area (Å²) in [6.45, 7) is 19.7. The summed E-state index contributed by atoms with van der Waals surface area (Å²) in [5.41, 5.74) is 0. The lowest BCUT2D eigenvalue weighted by Gasteiger charge is -2.33. The minimum Gasteiger partial charge on any atom is -0.343 e. The van der Waals surface area contributed by atoms with Crippen LogP contribution >= 0.6 is 0 Å². The lowest BCUT2D eigenvalue weighted by Crippen LogP contribution is -2.61. The highest BCUT2D eigenvalue weighted by molar-refractivity contribution is 5.98. The summed E-state index contributed by atoms with van der Waals surface area (Å²) in [5, 5.41) is 14.4. The van der Waals surface area contributed by atoms with Crippen LogP contribution in [0.5, 0.6) is 0 Å². The van der Waals surface area contributed by atoms with Gasteiger partial charge in [0.25, 0.3) is 0 Å². The summed E-state index contributed by atoms with van der Waals surface area (Å²) in [4.78, 5) is 84.4. The summed E-state index contributed by atoms with van der Waals surface area (Å²) in [6.07, 6.45) is 2.66. The second-order valence-electron chi connectivity index (χ2n) is 15.6. The number of amides is 6. The second kappa shape index (κ2) is 18.4. The van der Waals surface area contributed by atoms with Crippen LogP contribution in [0.4, 0.5) is 0 Å². The van der Waals surface area contributed by atoms with Crippen molar-refractivity contribution in [1.82, 2.24) is 31.5 Å². The summed E-state index contributed by atoms with van der Waals surface area (Å²) in [7, 11) is 0. The third-order valence-electron chi connectivity index (χ3n) is 8.52. The number of hydrogen-bond acceptors (Lipinski definition) is 6. The van der Waals surface area contributed by atoms with Crippen molar-refractivity contribution < 1.29 is 28.8 Å². The normalized spacial score (nSPS) is 27.4. The third kappa shape index (κ3) is 12.7. The molecular weight excluding hydrogens is 600 g/mol. The van der Waals surface area contributed by atoms with Gasteiger partial charge in [-0.3, -0.25) is 28.8 Å². The average Bonchev–Trinajstić information content (AvgIpc) is 3.43. The van der Waals surface area contributed by atoms with E-state index < -0.39 is 65.8 Å². The Labute approximate surface area is 282 Å². The van der Waals surface area contributed by atoms with Crippen LogP contribution in [-0.2, 0) is 28.8 Å². The molecule has 0 unspecified atom stereocenters. The SMILES string of the molecule is CC(C)C[C@@H]1NC(=O)[C@@H](CC(C)C)NC(=O)[C@H](CC(C)C)NC(=O)[C@@H](CC(C)C)NC(=O)[C@H]2CCCN2C(=O)[C@H](CC(C)C)NC1=O. The smallest absolute Gasteiger partial charge is 0.245 e. The summed E-state index contributed by atoms with van der Waals surface area (Å²) < 4.78 is 0. The molecule has 268 valence electrons.